The van der Waals surface area contributed by atoms with Crippen LogP contribution in [0.4, 0.5) is 0 Å². The Labute approximate surface area is 104 Å². The molecule has 2 N–H and O–H groups in total. The second-order valence-electron chi connectivity index (χ2n) is 5.02. The van der Waals surface area contributed by atoms with Gasteiger partial charge in [0.15, 0.2) is 0 Å². The van der Waals surface area contributed by atoms with Crippen LogP contribution >= 0.6 is 0 Å². The van der Waals surface area contributed by atoms with E-state index in [1.165, 1.54) is 37.7 Å². The second kappa shape index (κ2) is 6.06. The van der Waals surface area contributed by atoms with Crippen LogP contribution in [0.1, 0.15) is 43.6 Å². The molecule has 2 atom stereocenters. The van der Waals surface area contributed by atoms with Gasteiger partial charge in [-0.25, -0.2) is 0 Å². The third-order valence-electron chi connectivity index (χ3n) is 3.98. The maximum absolute atomic E-state index is 5.94. The first-order valence-corrected chi connectivity index (χ1v) is 6.69. The van der Waals surface area contributed by atoms with E-state index in [2.05, 4.69) is 18.2 Å². The van der Waals surface area contributed by atoms with Crippen molar-refractivity contribution in [2.75, 3.05) is 13.7 Å². The van der Waals surface area contributed by atoms with Gasteiger partial charge < -0.3 is 10.5 Å². The third kappa shape index (κ3) is 3.01. The lowest BCUT2D eigenvalue weighted by atomic mass is 9.82. The maximum Gasteiger partial charge on any atom is 0.119 e. The van der Waals surface area contributed by atoms with Crippen LogP contribution in [0.5, 0.6) is 5.75 Å². The van der Waals surface area contributed by atoms with Crippen molar-refractivity contribution in [1.82, 2.24) is 0 Å². The van der Waals surface area contributed by atoms with E-state index in [-0.39, 0.29) is 0 Å². The Morgan fingerprint density at radius 1 is 1.24 bits per heavy atom. The summed E-state index contributed by atoms with van der Waals surface area (Å²) in [5.41, 5.74) is 7.34. The van der Waals surface area contributed by atoms with Gasteiger partial charge in [0.2, 0.25) is 0 Å². The summed E-state index contributed by atoms with van der Waals surface area (Å²) in [6.45, 7) is 0.807. The fourth-order valence-corrected chi connectivity index (χ4v) is 2.98. The highest BCUT2D eigenvalue weighted by molar-refractivity contribution is 5.31. The monoisotopic (exact) mass is 233 g/mol. The molecule has 17 heavy (non-hydrogen) atoms. The average molecular weight is 233 g/mol. The molecule has 0 bridgehead atoms. The second-order valence-corrected chi connectivity index (χ2v) is 5.02. The highest BCUT2D eigenvalue weighted by atomic mass is 16.5. The minimum absolute atomic E-state index is 0.623. The predicted molar refractivity (Wildman–Crippen MR) is 71.4 cm³/mol. The molecule has 94 valence electrons. The first-order valence-electron chi connectivity index (χ1n) is 6.69. The summed E-state index contributed by atoms with van der Waals surface area (Å²) in [7, 11) is 1.73. The third-order valence-corrected chi connectivity index (χ3v) is 3.98. The van der Waals surface area contributed by atoms with E-state index in [9.17, 15) is 0 Å². The fraction of sp³-hybridized carbons (Fsp3) is 0.600. The van der Waals surface area contributed by atoms with E-state index >= 15 is 0 Å². The van der Waals surface area contributed by atoms with Crippen LogP contribution in [0.3, 0.4) is 0 Å². The van der Waals surface area contributed by atoms with Gasteiger partial charge in [0.25, 0.3) is 0 Å². The summed E-state index contributed by atoms with van der Waals surface area (Å²) in [5.74, 6) is 2.23. The van der Waals surface area contributed by atoms with Crippen LogP contribution in [0.2, 0.25) is 0 Å². The minimum Gasteiger partial charge on any atom is -0.497 e. The van der Waals surface area contributed by atoms with Crippen LogP contribution in [0.15, 0.2) is 24.3 Å². The van der Waals surface area contributed by atoms with Gasteiger partial charge in [-0.3, -0.25) is 0 Å². The minimum atomic E-state index is 0.623. The highest BCUT2D eigenvalue weighted by Crippen LogP contribution is 2.36. The Kier molecular flexibility index (Phi) is 4.43. The van der Waals surface area contributed by atoms with Crippen molar-refractivity contribution in [3.05, 3.63) is 29.8 Å². The summed E-state index contributed by atoms with van der Waals surface area (Å²) in [5, 5.41) is 0. The molecular formula is C15H23NO. The molecule has 0 aliphatic heterocycles. The van der Waals surface area contributed by atoms with E-state index in [1.54, 1.807) is 7.11 Å². The molecule has 1 fully saturated rings. The molecule has 0 amide bonds. The Morgan fingerprint density at radius 3 is 2.82 bits per heavy atom. The van der Waals surface area contributed by atoms with Crippen LogP contribution in [0.25, 0.3) is 0 Å². The summed E-state index contributed by atoms with van der Waals surface area (Å²) >= 11 is 0. The number of methoxy groups -OCH3 is 1. The molecule has 0 saturated heterocycles. The van der Waals surface area contributed by atoms with Gasteiger partial charge >= 0.3 is 0 Å². The number of hydrogen-bond donors (Lipinski definition) is 1. The average Bonchev–Trinajstić information content (AvgIpc) is 2.63. The highest BCUT2D eigenvalue weighted by Gasteiger charge is 2.24. The standard InChI is InChI=1S/C15H23NO/c1-17-14-8-5-7-12(10-14)15-9-4-2-3-6-13(15)11-16/h5,7-8,10,13,15H,2-4,6,9,11,16H2,1H3/t13-,15?/m1/s1. The van der Waals surface area contributed by atoms with E-state index in [4.69, 9.17) is 10.5 Å². The molecule has 2 nitrogen and oxygen atoms in total. The molecule has 1 unspecified atom stereocenters. The van der Waals surface area contributed by atoms with Gasteiger partial charge in [-0.15, -0.1) is 0 Å². The van der Waals surface area contributed by atoms with E-state index < -0.39 is 0 Å². The lowest BCUT2D eigenvalue weighted by Crippen LogP contribution is -2.21. The zero-order valence-electron chi connectivity index (χ0n) is 10.7. The number of benzene rings is 1. The summed E-state index contributed by atoms with van der Waals surface area (Å²) in [6, 6.07) is 8.50. The molecule has 1 aromatic carbocycles. The molecule has 2 rings (SSSR count). The van der Waals surface area contributed by atoms with Crippen LogP contribution in [0, 0.1) is 5.92 Å². The first-order chi connectivity index (χ1) is 8.35. The van der Waals surface area contributed by atoms with Gasteiger partial charge in [-0.1, -0.05) is 31.4 Å². The van der Waals surface area contributed by atoms with E-state index in [0.29, 0.717) is 11.8 Å². The van der Waals surface area contributed by atoms with E-state index in [0.717, 1.165) is 12.3 Å². The first kappa shape index (κ1) is 12.4. The van der Waals surface area contributed by atoms with Crippen molar-refractivity contribution in [1.29, 1.82) is 0 Å². The molecule has 1 saturated carbocycles. The molecule has 0 radical (unpaired) electrons. The molecule has 1 aliphatic rings. The largest absolute Gasteiger partial charge is 0.497 e. The zero-order valence-corrected chi connectivity index (χ0v) is 10.7. The topological polar surface area (TPSA) is 35.2 Å². The maximum atomic E-state index is 5.94. The Balaban J connectivity index is 2.21. The van der Waals surface area contributed by atoms with Crippen LogP contribution < -0.4 is 10.5 Å². The SMILES string of the molecule is COc1cccc(C2CCCCC[C@@H]2CN)c1. The van der Waals surface area contributed by atoms with Crippen LogP contribution in [-0.4, -0.2) is 13.7 Å². The molecule has 0 spiro atoms. The Bertz CT molecular complexity index is 351. The van der Waals surface area contributed by atoms with Crippen molar-refractivity contribution in [3.8, 4) is 5.75 Å². The smallest absolute Gasteiger partial charge is 0.119 e. The fourth-order valence-electron chi connectivity index (χ4n) is 2.98. The lowest BCUT2D eigenvalue weighted by molar-refractivity contribution is 0.398. The zero-order chi connectivity index (χ0) is 12.1. The van der Waals surface area contributed by atoms with Gasteiger partial charge in [0.05, 0.1) is 7.11 Å². The van der Waals surface area contributed by atoms with Gasteiger partial charge in [-0.05, 0) is 48.9 Å². The number of hydrogen-bond acceptors (Lipinski definition) is 2. The van der Waals surface area contributed by atoms with Gasteiger partial charge in [0.1, 0.15) is 5.75 Å². The molecule has 1 aromatic rings. The molecular weight excluding hydrogens is 210 g/mol. The Morgan fingerprint density at radius 2 is 2.06 bits per heavy atom. The summed E-state index contributed by atoms with van der Waals surface area (Å²) in [4.78, 5) is 0. The summed E-state index contributed by atoms with van der Waals surface area (Å²) < 4.78 is 5.31. The predicted octanol–water partition coefficient (Wildman–Crippen LogP) is 3.32. The van der Waals surface area contributed by atoms with Crippen molar-refractivity contribution in [3.63, 3.8) is 0 Å². The van der Waals surface area contributed by atoms with Gasteiger partial charge in [0, 0.05) is 0 Å². The van der Waals surface area contributed by atoms with E-state index in [1.807, 2.05) is 6.07 Å². The number of nitrogens with two attached hydrogens (primary N) is 1. The normalized spacial score (nSPS) is 25.3. The quantitative estimate of drug-likeness (QED) is 0.813. The molecule has 1 aliphatic carbocycles. The van der Waals surface area contributed by atoms with Gasteiger partial charge in [-0.2, -0.15) is 0 Å². The molecule has 2 heteroatoms. The lowest BCUT2D eigenvalue weighted by Gasteiger charge is -2.24. The van der Waals surface area contributed by atoms with Crippen LogP contribution in [-0.2, 0) is 0 Å². The summed E-state index contributed by atoms with van der Waals surface area (Å²) in [6.07, 6.45) is 6.57. The van der Waals surface area contributed by atoms with Crippen molar-refractivity contribution in [2.45, 2.75) is 38.0 Å². The van der Waals surface area contributed by atoms with Crippen molar-refractivity contribution < 1.29 is 4.74 Å². The van der Waals surface area contributed by atoms with Crippen molar-refractivity contribution >= 4 is 0 Å². The Hall–Kier alpha value is -1.02. The number of ether oxygens (including phenoxy) is 1. The molecule has 0 heterocycles. The molecule has 0 aromatic heterocycles. The number of rotatable bonds is 3. The van der Waals surface area contributed by atoms with Crippen molar-refractivity contribution in [2.24, 2.45) is 11.7 Å².